The summed E-state index contributed by atoms with van der Waals surface area (Å²) in [7, 11) is 0. The van der Waals surface area contributed by atoms with Gasteiger partial charge in [-0.2, -0.15) is 13.2 Å². The summed E-state index contributed by atoms with van der Waals surface area (Å²) in [4.78, 5) is 17.4. The van der Waals surface area contributed by atoms with Gasteiger partial charge in [0.1, 0.15) is 28.9 Å². The van der Waals surface area contributed by atoms with Gasteiger partial charge in [-0.15, -0.1) is 11.3 Å². The smallest absolute Gasteiger partial charge is 0.416 e. The lowest BCUT2D eigenvalue weighted by Crippen LogP contribution is -2.17. The molecule has 0 spiro atoms. The molecule has 5 rings (SSSR count). The molecule has 1 fully saturated rings. The summed E-state index contributed by atoms with van der Waals surface area (Å²) in [6.45, 7) is 1.58. The molecular formula is C28H21F5N2O3S. The number of aromatic nitrogens is 1. The van der Waals surface area contributed by atoms with Crippen molar-refractivity contribution >= 4 is 22.9 Å². The first-order valence-corrected chi connectivity index (χ1v) is 12.8. The molecular weight excluding hydrogens is 539 g/mol. The molecule has 1 N–H and O–H groups in total. The summed E-state index contributed by atoms with van der Waals surface area (Å²) in [5.74, 6) is -2.49. The first-order valence-electron chi connectivity index (χ1n) is 11.9. The summed E-state index contributed by atoms with van der Waals surface area (Å²) in [6.07, 6.45) is -1.96. The average Bonchev–Trinajstić information content (AvgIpc) is 3.60. The molecule has 5 nitrogen and oxygen atoms in total. The lowest BCUT2D eigenvalue weighted by molar-refractivity contribution is -0.138. The molecule has 0 radical (unpaired) electrons. The number of aryl methyl sites for hydroxylation is 1. The Hall–Kier alpha value is -3.99. The van der Waals surface area contributed by atoms with E-state index >= 15 is 0 Å². The maximum Gasteiger partial charge on any atom is 0.416 e. The minimum Gasteiger partial charge on any atom is -0.483 e. The molecule has 3 aromatic carbocycles. The van der Waals surface area contributed by atoms with Crippen LogP contribution in [0.25, 0.3) is 0 Å². The molecule has 39 heavy (non-hydrogen) atoms. The van der Waals surface area contributed by atoms with E-state index in [0.717, 1.165) is 18.2 Å². The van der Waals surface area contributed by atoms with Gasteiger partial charge in [-0.3, -0.25) is 4.79 Å². The highest BCUT2D eigenvalue weighted by molar-refractivity contribution is 7.09. The Morgan fingerprint density at radius 3 is 2.51 bits per heavy atom. The number of hydrogen-bond acceptors (Lipinski definition) is 5. The van der Waals surface area contributed by atoms with Crippen LogP contribution < -0.4 is 14.8 Å². The molecule has 4 aromatic rings. The molecule has 0 atom stereocenters. The first-order chi connectivity index (χ1) is 18.6. The summed E-state index contributed by atoms with van der Waals surface area (Å²) in [6, 6.07) is 9.26. The van der Waals surface area contributed by atoms with Crippen molar-refractivity contribution in [3.8, 4) is 17.2 Å². The predicted molar refractivity (Wildman–Crippen MR) is 135 cm³/mol. The van der Waals surface area contributed by atoms with Crippen LogP contribution in [0.2, 0.25) is 0 Å². The minimum atomic E-state index is -4.70. The third-order valence-corrected chi connectivity index (χ3v) is 6.85. The predicted octanol–water partition coefficient (Wildman–Crippen LogP) is 8.25. The Kier molecular flexibility index (Phi) is 7.26. The SMILES string of the molecule is Cc1cc(F)ccc1Oc1cc(C2CC2)c(C(F)(F)F)cc1C(=O)Nc1ccc(F)c(OCc2nccs2)c1. The van der Waals surface area contributed by atoms with E-state index in [2.05, 4.69) is 10.3 Å². The largest absolute Gasteiger partial charge is 0.483 e. The van der Waals surface area contributed by atoms with Crippen LogP contribution in [0.5, 0.6) is 17.2 Å². The second-order valence-corrected chi connectivity index (χ2v) is 10.0. The van der Waals surface area contributed by atoms with Gasteiger partial charge in [0.05, 0.1) is 11.1 Å². The molecule has 1 aromatic heterocycles. The number of ether oxygens (including phenoxy) is 2. The lowest BCUT2D eigenvalue weighted by Gasteiger charge is -2.19. The number of anilines is 1. The fourth-order valence-corrected chi connectivity index (χ4v) is 4.56. The third-order valence-electron chi connectivity index (χ3n) is 6.10. The Bertz CT molecular complexity index is 1520. The van der Waals surface area contributed by atoms with Crippen LogP contribution in [0.3, 0.4) is 0 Å². The van der Waals surface area contributed by atoms with Crippen LogP contribution in [0, 0.1) is 18.6 Å². The number of benzene rings is 3. The fraction of sp³-hybridized carbons (Fsp3) is 0.214. The highest BCUT2D eigenvalue weighted by Gasteiger charge is 2.40. The normalized spacial score (nSPS) is 13.3. The minimum absolute atomic E-state index is 0.00142. The van der Waals surface area contributed by atoms with E-state index in [1.54, 1.807) is 18.5 Å². The Morgan fingerprint density at radius 1 is 1.05 bits per heavy atom. The zero-order valence-corrected chi connectivity index (χ0v) is 21.3. The standard InChI is InChI=1S/C28H21F5N2O3S/c1-15-10-17(29)4-7-23(15)38-24-13-19(16-2-3-16)21(28(31,32)33)12-20(24)27(36)35-18-5-6-22(30)25(11-18)37-14-26-34-8-9-39-26/h4-13,16H,2-3,14H2,1H3,(H,35,36). The molecule has 11 heteroatoms. The highest BCUT2D eigenvalue weighted by Crippen LogP contribution is 2.48. The van der Waals surface area contributed by atoms with Crippen LogP contribution in [0.4, 0.5) is 27.6 Å². The molecule has 1 aliphatic rings. The van der Waals surface area contributed by atoms with Crippen molar-refractivity contribution in [2.45, 2.75) is 38.5 Å². The van der Waals surface area contributed by atoms with Crippen molar-refractivity contribution in [3.63, 3.8) is 0 Å². The number of nitrogens with zero attached hydrogens (tertiary/aromatic N) is 1. The Labute approximate surface area is 224 Å². The average molecular weight is 561 g/mol. The maximum absolute atomic E-state index is 14.3. The monoisotopic (exact) mass is 560 g/mol. The van der Waals surface area contributed by atoms with Crippen LogP contribution >= 0.6 is 11.3 Å². The highest BCUT2D eigenvalue weighted by atomic mass is 32.1. The van der Waals surface area contributed by atoms with E-state index in [9.17, 15) is 26.7 Å². The number of nitrogens with one attached hydrogen (secondary N) is 1. The van der Waals surface area contributed by atoms with Gasteiger partial charge in [0.2, 0.25) is 0 Å². The number of hydrogen-bond donors (Lipinski definition) is 1. The topological polar surface area (TPSA) is 60.5 Å². The van der Waals surface area contributed by atoms with Crippen molar-refractivity contribution in [2.24, 2.45) is 0 Å². The second-order valence-electron chi connectivity index (χ2n) is 9.03. The zero-order valence-electron chi connectivity index (χ0n) is 20.4. The Balaban J connectivity index is 1.48. The lowest BCUT2D eigenvalue weighted by atomic mass is 9.98. The number of carbonyl (C=O) groups excluding carboxylic acids is 1. The van der Waals surface area contributed by atoms with Crippen molar-refractivity contribution in [2.75, 3.05) is 5.32 Å². The third kappa shape index (κ3) is 6.19. The van der Waals surface area contributed by atoms with E-state index in [-0.39, 0.29) is 46.6 Å². The number of amides is 1. The quantitative estimate of drug-likeness (QED) is 0.221. The molecule has 0 aliphatic heterocycles. The molecule has 1 aliphatic carbocycles. The van der Waals surface area contributed by atoms with E-state index in [0.29, 0.717) is 23.4 Å². The first kappa shape index (κ1) is 26.6. The van der Waals surface area contributed by atoms with Crippen LogP contribution in [-0.2, 0) is 12.8 Å². The van der Waals surface area contributed by atoms with Gasteiger partial charge in [-0.05, 0) is 79.3 Å². The van der Waals surface area contributed by atoms with Crippen LogP contribution in [0.15, 0.2) is 60.1 Å². The molecule has 0 bridgehead atoms. The van der Waals surface area contributed by atoms with Gasteiger partial charge in [-0.25, -0.2) is 13.8 Å². The van der Waals surface area contributed by atoms with Crippen molar-refractivity contribution < 1.29 is 36.2 Å². The van der Waals surface area contributed by atoms with Crippen LogP contribution in [0.1, 0.15) is 50.8 Å². The number of alkyl halides is 3. The number of halogens is 5. The number of thiazole rings is 1. The molecule has 202 valence electrons. The second kappa shape index (κ2) is 10.6. The van der Waals surface area contributed by atoms with E-state index < -0.39 is 29.3 Å². The molecule has 1 heterocycles. The molecule has 1 amide bonds. The van der Waals surface area contributed by atoms with Gasteiger partial charge in [0.15, 0.2) is 11.6 Å². The fourth-order valence-electron chi connectivity index (χ4n) is 4.03. The van der Waals surface area contributed by atoms with Crippen molar-refractivity contribution in [1.29, 1.82) is 0 Å². The van der Waals surface area contributed by atoms with Crippen molar-refractivity contribution in [1.82, 2.24) is 4.98 Å². The molecule has 0 saturated heterocycles. The van der Waals surface area contributed by atoms with Crippen LogP contribution in [-0.4, -0.2) is 10.9 Å². The zero-order chi connectivity index (χ0) is 27.7. The summed E-state index contributed by atoms with van der Waals surface area (Å²) >= 11 is 1.32. The summed E-state index contributed by atoms with van der Waals surface area (Å²) in [5.41, 5.74) is -0.780. The van der Waals surface area contributed by atoms with Crippen molar-refractivity contribution in [3.05, 3.63) is 99.0 Å². The van der Waals surface area contributed by atoms with Gasteiger partial charge < -0.3 is 14.8 Å². The van der Waals surface area contributed by atoms with Gasteiger partial charge in [-0.1, -0.05) is 0 Å². The Morgan fingerprint density at radius 2 is 1.85 bits per heavy atom. The maximum atomic E-state index is 14.3. The van der Waals surface area contributed by atoms with E-state index in [1.807, 2.05) is 0 Å². The van der Waals surface area contributed by atoms with Gasteiger partial charge in [0.25, 0.3) is 5.91 Å². The number of rotatable bonds is 8. The molecule has 1 saturated carbocycles. The summed E-state index contributed by atoms with van der Waals surface area (Å²) < 4.78 is 81.3. The number of carbonyl (C=O) groups is 1. The summed E-state index contributed by atoms with van der Waals surface area (Å²) in [5, 5.41) is 4.85. The van der Waals surface area contributed by atoms with Gasteiger partial charge in [0, 0.05) is 23.3 Å². The van der Waals surface area contributed by atoms with E-state index in [4.69, 9.17) is 9.47 Å². The van der Waals surface area contributed by atoms with Gasteiger partial charge >= 0.3 is 6.18 Å². The molecule has 0 unspecified atom stereocenters. The van der Waals surface area contributed by atoms with E-state index in [1.165, 1.54) is 41.7 Å².